The minimum atomic E-state index is -1.93. The van der Waals surface area contributed by atoms with Gasteiger partial charge in [0.15, 0.2) is 20.3 Å². The van der Waals surface area contributed by atoms with Crippen LogP contribution in [-0.2, 0) is 18.6 Å². The molecule has 4 atom stereocenters. The minimum absolute atomic E-state index is 0.117. The second-order valence-corrected chi connectivity index (χ2v) is 16.8. The van der Waals surface area contributed by atoms with Gasteiger partial charge in [0.25, 0.3) is 0 Å². The van der Waals surface area contributed by atoms with E-state index in [1.54, 1.807) is 0 Å². The molecular weight excluding hydrogens is 521 g/mol. The Kier molecular flexibility index (Phi) is 6.18. The van der Waals surface area contributed by atoms with Crippen molar-refractivity contribution >= 4 is 58.4 Å². The zero-order chi connectivity index (χ0) is 22.9. The molecule has 4 rings (SSSR count). The first-order valence-electron chi connectivity index (χ1n) is 10.5. The fourth-order valence-corrected chi connectivity index (χ4v) is 5.94. The van der Waals surface area contributed by atoms with Gasteiger partial charge in [-0.2, -0.15) is 0 Å². The van der Waals surface area contributed by atoms with Crippen LogP contribution >= 0.6 is 39.1 Å². The second kappa shape index (κ2) is 7.98. The van der Waals surface area contributed by atoms with E-state index in [2.05, 4.69) is 54.4 Å². The number of benzene rings is 1. The highest BCUT2D eigenvalue weighted by molar-refractivity contribution is 9.10. The monoisotopic (exact) mass is 549 g/mol. The topological polar surface area (TPSA) is 41.9 Å². The number of hydrogen-bond donors (Lipinski definition) is 0. The number of halogens is 3. The lowest BCUT2D eigenvalue weighted by atomic mass is 10.1. The van der Waals surface area contributed by atoms with Gasteiger partial charge in [0.1, 0.15) is 18.3 Å². The molecule has 31 heavy (non-hydrogen) atoms. The Morgan fingerprint density at radius 1 is 1.10 bits per heavy atom. The number of hydrogen-bond acceptors (Lipinski definition) is 4. The van der Waals surface area contributed by atoms with Gasteiger partial charge in [-0.3, -0.25) is 0 Å². The molecule has 2 fully saturated rings. The molecule has 5 nitrogen and oxygen atoms in total. The predicted octanol–water partition coefficient (Wildman–Crippen LogP) is 7.15. The van der Waals surface area contributed by atoms with E-state index in [0.29, 0.717) is 16.7 Å². The molecule has 2 aliphatic rings. The molecule has 0 N–H and O–H groups in total. The first-order chi connectivity index (χ1) is 14.2. The summed E-state index contributed by atoms with van der Waals surface area (Å²) in [5.74, 6) is -0.691. The molecule has 2 saturated heterocycles. The molecule has 9 heteroatoms. The molecule has 1 aromatic heterocycles. The molecule has 0 unspecified atom stereocenters. The molecule has 0 radical (unpaired) electrons. The lowest BCUT2D eigenvalue weighted by molar-refractivity contribution is -0.199. The molecular formula is C22H30BrCl2NO4Si. The standard InChI is InChI=1S/C22H30BrCl2NO4Si/c1-21(2,3)31(6,7)27-11-16-18-19(30-22(4,5)29-18)20(28-16)26-15-10-14(25)13(24)8-12(15)9-17(26)23/h8-10,16,18-20H,11H2,1-7H3/t16-,18-,19-,20-/m1/s1. The van der Waals surface area contributed by atoms with Crippen molar-refractivity contribution in [1.29, 1.82) is 0 Å². The van der Waals surface area contributed by atoms with Crippen molar-refractivity contribution in [1.82, 2.24) is 4.57 Å². The quantitative estimate of drug-likeness (QED) is 0.379. The highest BCUT2D eigenvalue weighted by Crippen LogP contribution is 2.47. The van der Waals surface area contributed by atoms with E-state index in [9.17, 15) is 0 Å². The smallest absolute Gasteiger partial charge is 0.192 e. The van der Waals surface area contributed by atoms with Crippen LogP contribution in [0.15, 0.2) is 22.8 Å². The highest BCUT2D eigenvalue weighted by Gasteiger charge is 2.56. The van der Waals surface area contributed by atoms with Crippen molar-refractivity contribution in [3.8, 4) is 0 Å². The van der Waals surface area contributed by atoms with Crippen molar-refractivity contribution in [3.05, 3.63) is 32.8 Å². The molecule has 0 bridgehead atoms. The zero-order valence-corrected chi connectivity index (χ0v) is 23.1. The van der Waals surface area contributed by atoms with E-state index in [1.807, 2.05) is 32.0 Å². The second-order valence-electron chi connectivity index (χ2n) is 10.4. The van der Waals surface area contributed by atoms with Gasteiger partial charge >= 0.3 is 0 Å². The number of nitrogens with zero attached hydrogens (tertiary/aromatic N) is 1. The van der Waals surface area contributed by atoms with Gasteiger partial charge in [-0.05, 0) is 66.1 Å². The summed E-state index contributed by atoms with van der Waals surface area (Å²) in [7, 11) is -1.93. The van der Waals surface area contributed by atoms with Gasteiger partial charge in [0, 0.05) is 5.39 Å². The molecule has 172 valence electrons. The maximum Gasteiger partial charge on any atom is 0.192 e. The fraction of sp³-hybridized carbons (Fsp3) is 0.636. The third-order valence-corrected chi connectivity index (χ3v) is 12.5. The minimum Gasteiger partial charge on any atom is -0.414 e. The highest BCUT2D eigenvalue weighted by atomic mass is 79.9. The summed E-state index contributed by atoms with van der Waals surface area (Å²) in [4.78, 5) is 0. The lowest BCUT2D eigenvalue weighted by Gasteiger charge is -2.37. The van der Waals surface area contributed by atoms with Gasteiger partial charge < -0.3 is 23.2 Å². The summed E-state index contributed by atoms with van der Waals surface area (Å²) in [5, 5.41) is 2.11. The van der Waals surface area contributed by atoms with Gasteiger partial charge in [-0.25, -0.2) is 0 Å². The van der Waals surface area contributed by atoms with Gasteiger partial charge in [-0.15, -0.1) is 0 Å². The van der Waals surface area contributed by atoms with E-state index < -0.39 is 14.1 Å². The molecule has 0 saturated carbocycles. The van der Waals surface area contributed by atoms with E-state index in [-0.39, 0.29) is 29.6 Å². The van der Waals surface area contributed by atoms with E-state index in [4.69, 9.17) is 41.8 Å². The van der Waals surface area contributed by atoms with Crippen LogP contribution in [0.3, 0.4) is 0 Å². The third kappa shape index (κ3) is 4.37. The first-order valence-corrected chi connectivity index (χ1v) is 15.0. The van der Waals surface area contributed by atoms with E-state index in [0.717, 1.165) is 15.5 Å². The largest absolute Gasteiger partial charge is 0.414 e. The van der Waals surface area contributed by atoms with E-state index in [1.165, 1.54) is 0 Å². The van der Waals surface area contributed by atoms with Gasteiger partial charge in [-0.1, -0.05) is 44.0 Å². The van der Waals surface area contributed by atoms with Crippen molar-refractivity contribution in [3.63, 3.8) is 0 Å². The number of rotatable bonds is 4. The van der Waals surface area contributed by atoms with Crippen LogP contribution in [0.2, 0.25) is 28.2 Å². The van der Waals surface area contributed by atoms with Crippen LogP contribution in [0.5, 0.6) is 0 Å². The lowest BCUT2D eigenvalue weighted by Crippen LogP contribution is -2.44. The van der Waals surface area contributed by atoms with Crippen LogP contribution < -0.4 is 0 Å². The SMILES string of the molecule is CC1(C)O[C@@H]2[C@H](O1)[C@@H](CO[Si](C)(C)C(C)(C)C)O[C@H]2n1c(Br)cc2cc(Cl)c(Cl)cc21. The van der Waals surface area contributed by atoms with Crippen LogP contribution in [0.25, 0.3) is 10.9 Å². The maximum atomic E-state index is 6.54. The summed E-state index contributed by atoms with van der Waals surface area (Å²) >= 11 is 16.3. The molecule has 0 aliphatic carbocycles. The summed E-state index contributed by atoms with van der Waals surface area (Å²) in [6.07, 6.45) is -1.12. The van der Waals surface area contributed by atoms with Gasteiger partial charge in [0.2, 0.25) is 0 Å². The molecule has 2 aromatic rings. The Morgan fingerprint density at radius 3 is 2.35 bits per heavy atom. The normalized spacial score (nSPS) is 28.5. The van der Waals surface area contributed by atoms with Gasteiger partial charge in [0.05, 0.1) is 26.8 Å². The predicted molar refractivity (Wildman–Crippen MR) is 131 cm³/mol. The average Bonchev–Trinajstić information content (AvgIpc) is 3.21. The van der Waals surface area contributed by atoms with Crippen LogP contribution in [0.4, 0.5) is 0 Å². The Balaban J connectivity index is 1.68. The molecule has 1 aromatic carbocycles. The molecule has 3 heterocycles. The maximum absolute atomic E-state index is 6.54. The van der Waals surface area contributed by atoms with E-state index >= 15 is 0 Å². The van der Waals surface area contributed by atoms with Crippen molar-refractivity contribution in [2.75, 3.05) is 6.61 Å². The first kappa shape index (κ1) is 24.0. The number of ether oxygens (including phenoxy) is 3. The molecule has 0 spiro atoms. The van der Waals surface area contributed by atoms with Crippen LogP contribution in [0.1, 0.15) is 40.8 Å². The Labute approximate surface area is 203 Å². The van der Waals surface area contributed by atoms with Crippen molar-refractivity contribution < 1.29 is 18.6 Å². The molecule has 0 amide bonds. The Morgan fingerprint density at radius 2 is 1.71 bits per heavy atom. The Hall–Kier alpha value is -0.123. The van der Waals surface area contributed by atoms with Crippen molar-refractivity contribution in [2.45, 2.75) is 83.1 Å². The van der Waals surface area contributed by atoms with Crippen LogP contribution in [0, 0.1) is 0 Å². The fourth-order valence-electron chi connectivity index (χ4n) is 3.96. The van der Waals surface area contributed by atoms with Crippen molar-refractivity contribution in [2.24, 2.45) is 0 Å². The number of fused-ring (bicyclic) bond motifs is 2. The summed E-state index contributed by atoms with van der Waals surface area (Å²) in [6.45, 7) is 15.5. The average molecular weight is 551 g/mol. The molecule has 2 aliphatic heterocycles. The summed E-state index contributed by atoms with van der Waals surface area (Å²) in [6, 6.07) is 5.74. The zero-order valence-electron chi connectivity index (χ0n) is 19.0. The summed E-state index contributed by atoms with van der Waals surface area (Å²) < 4.78 is 28.5. The Bertz CT molecular complexity index is 1000. The third-order valence-electron chi connectivity index (χ3n) is 6.63. The summed E-state index contributed by atoms with van der Waals surface area (Å²) in [5.41, 5.74) is 0.921. The number of aromatic nitrogens is 1. The van der Waals surface area contributed by atoms with Crippen LogP contribution in [-0.4, -0.2) is 43.6 Å².